The van der Waals surface area contributed by atoms with Gasteiger partial charge in [-0.2, -0.15) is 23.3 Å². The highest BCUT2D eigenvalue weighted by Gasteiger charge is 2.35. The van der Waals surface area contributed by atoms with Crippen molar-refractivity contribution < 1.29 is 26.9 Å². The number of aromatic nitrogens is 5. The number of hydrogen-bond donors (Lipinski definition) is 2. The Morgan fingerprint density at radius 1 is 1.11 bits per heavy atom. The van der Waals surface area contributed by atoms with E-state index < -0.39 is 30.8 Å². The smallest absolute Gasteiger partial charge is 0.379 e. The van der Waals surface area contributed by atoms with E-state index >= 15 is 4.39 Å². The first-order valence-electron chi connectivity index (χ1n) is 14.5. The largest absolute Gasteiger partial charge is 0.406 e. The third-order valence-electron chi connectivity index (χ3n) is 7.74. The van der Waals surface area contributed by atoms with Crippen LogP contribution in [0.1, 0.15) is 64.2 Å². The molecule has 1 saturated heterocycles. The number of carbonyl (C=O) groups is 1. The van der Waals surface area contributed by atoms with Crippen molar-refractivity contribution in [2.75, 3.05) is 18.4 Å². The molecule has 1 aliphatic heterocycles. The molecule has 44 heavy (non-hydrogen) atoms. The molecule has 0 bridgehead atoms. The molecule has 3 aromatic heterocycles. The molecule has 1 aromatic carbocycles. The van der Waals surface area contributed by atoms with Gasteiger partial charge in [0.2, 0.25) is 11.7 Å². The van der Waals surface area contributed by atoms with Gasteiger partial charge in [-0.15, -0.1) is 0 Å². The SMILES string of the molecule is CC(C)(C)N1CC[C@@H](Nc2cccc3c2cc(-c2noc(CNC(=O)c4cnn(C(C)(C)C)c4)n2)n3CC(F)(F)F)[C@H](F)C1. The van der Waals surface area contributed by atoms with Crippen LogP contribution < -0.4 is 10.6 Å². The summed E-state index contributed by atoms with van der Waals surface area (Å²) in [5.41, 5.74) is 0.764. The summed E-state index contributed by atoms with van der Waals surface area (Å²) in [7, 11) is 0. The van der Waals surface area contributed by atoms with Crippen LogP contribution in [0.5, 0.6) is 0 Å². The van der Waals surface area contributed by atoms with Crippen molar-refractivity contribution in [1.82, 2.24) is 34.7 Å². The lowest BCUT2D eigenvalue weighted by atomic mass is 9.96. The van der Waals surface area contributed by atoms with Crippen molar-refractivity contribution in [2.45, 2.75) is 90.5 Å². The minimum Gasteiger partial charge on any atom is -0.379 e. The average Bonchev–Trinajstić information content (AvgIpc) is 3.66. The highest BCUT2D eigenvalue weighted by atomic mass is 19.4. The monoisotopic (exact) mass is 618 g/mol. The predicted octanol–water partition coefficient (Wildman–Crippen LogP) is 5.76. The zero-order valence-electron chi connectivity index (χ0n) is 25.7. The van der Waals surface area contributed by atoms with Gasteiger partial charge >= 0.3 is 6.18 Å². The summed E-state index contributed by atoms with van der Waals surface area (Å²) >= 11 is 0. The Morgan fingerprint density at radius 2 is 1.86 bits per heavy atom. The number of alkyl halides is 4. The first-order chi connectivity index (χ1) is 20.5. The topological polar surface area (TPSA) is 106 Å². The van der Waals surface area contributed by atoms with Gasteiger partial charge in [0.15, 0.2) is 0 Å². The molecule has 4 heterocycles. The van der Waals surface area contributed by atoms with Crippen LogP contribution in [-0.4, -0.2) is 72.3 Å². The number of nitrogens with zero attached hydrogens (tertiary/aromatic N) is 6. The van der Waals surface area contributed by atoms with Gasteiger partial charge in [-0.25, -0.2) is 4.39 Å². The Kier molecular flexibility index (Phi) is 8.25. The van der Waals surface area contributed by atoms with E-state index in [0.29, 0.717) is 35.1 Å². The lowest BCUT2D eigenvalue weighted by molar-refractivity contribution is -0.139. The Hall–Kier alpha value is -3.94. The van der Waals surface area contributed by atoms with E-state index in [2.05, 4.69) is 30.8 Å². The molecule has 0 radical (unpaired) electrons. The molecule has 0 unspecified atom stereocenters. The zero-order chi connectivity index (χ0) is 32.0. The predicted molar refractivity (Wildman–Crippen MR) is 158 cm³/mol. The minimum atomic E-state index is -4.54. The number of benzene rings is 1. The maximum absolute atomic E-state index is 15.3. The number of halogens is 4. The summed E-state index contributed by atoms with van der Waals surface area (Å²) in [5, 5.41) is 14.5. The summed E-state index contributed by atoms with van der Waals surface area (Å²) in [5.74, 6) is -0.464. The summed E-state index contributed by atoms with van der Waals surface area (Å²) in [6.45, 7) is 11.5. The molecule has 2 N–H and O–H groups in total. The molecule has 10 nitrogen and oxygen atoms in total. The van der Waals surface area contributed by atoms with E-state index in [-0.39, 0.29) is 41.6 Å². The van der Waals surface area contributed by atoms with Gasteiger partial charge in [0, 0.05) is 35.9 Å². The first kappa shape index (κ1) is 31.5. The molecule has 5 rings (SSSR count). The number of nitrogens with one attached hydrogen (secondary N) is 2. The summed E-state index contributed by atoms with van der Waals surface area (Å²) in [4.78, 5) is 19.0. The highest BCUT2D eigenvalue weighted by Crippen LogP contribution is 2.35. The third kappa shape index (κ3) is 6.90. The van der Waals surface area contributed by atoms with Crippen molar-refractivity contribution in [3.05, 3.63) is 48.1 Å². The molecule has 14 heteroatoms. The van der Waals surface area contributed by atoms with Gasteiger partial charge < -0.3 is 19.7 Å². The Labute approximate surface area is 252 Å². The number of anilines is 1. The van der Waals surface area contributed by atoms with Crippen molar-refractivity contribution in [1.29, 1.82) is 0 Å². The molecule has 4 aromatic rings. The zero-order valence-corrected chi connectivity index (χ0v) is 25.7. The maximum atomic E-state index is 15.3. The van der Waals surface area contributed by atoms with Crippen LogP contribution in [0.15, 0.2) is 41.2 Å². The molecule has 0 saturated carbocycles. The minimum absolute atomic E-state index is 0.0182. The van der Waals surface area contributed by atoms with Crippen LogP contribution in [0.2, 0.25) is 0 Å². The fourth-order valence-corrected chi connectivity index (χ4v) is 5.32. The van der Waals surface area contributed by atoms with Crippen molar-refractivity contribution >= 4 is 22.5 Å². The fourth-order valence-electron chi connectivity index (χ4n) is 5.32. The molecule has 1 aliphatic rings. The van der Waals surface area contributed by atoms with Crippen molar-refractivity contribution in [3.63, 3.8) is 0 Å². The Morgan fingerprint density at radius 3 is 2.50 bits per heavy atom. The number of amides is 1. The highest BCUT2D eigenvalue weighted by molar-refractivity contribution is 5.96. The Bertz CT molecular complexity index is 1630. The lowest BCUT2D eigenvalue weighted by Gasteiger charge is -2.42. The van der Waals surface area contributed by atoms with Crippen molar-refractivity contribution in [3.8, 4) is 11.5 Å². The van der Waals surface area contributed by atoms with Crippen LogP contribution in [0.25, 0.3) is 22.4 Å². The number of likely N-dealkylation sites (tertiary alicyclic amines) is 1. The second-order valence-electron chi connectivity index (χ2n) is 13.2. The maximum Gasteiger partial charge on any atom is 0.406 e. The van der Waals surface area contributed by atoms with E-state index in [1.54, 1.807) is 35.1 Å². The number of hydrogen-bond acceptors (Lipinski definition) is 7. The molecule has 0 aliphatic carbocycles. The molecule has 1 fully saturated rings. The number of carbonyl (C=O) groups excluding carboxylic acids is 1. The third-order valence-corrected chi connectivity index (χ3v) is 7.74. The van der Waals surface area contributed by atoms with Gasteiger partial charge in [-0.05, 0) is 66.2 Å². The van der Waals surface area contributed by atoms with Gasteiger partial charge in [-0.1, -0.05) is 11.2 Å². The number of rotatable bonds is 7. The van der Waals surface area contributed by atoms with Gasteiger partial charge in [0.05, 0.1) is 41.1 Å². The second-order valence-corrected chi connectivity index (χ2v) is 13.2. The van der Waals surface area contributed by atoms with Gasteiger partial charge in [0.1, 0.15) is 12.7 Å². The lowest BCUT2D eigenvalue weighted by Crippen LogP contribution is -2.54. The molecule has 238 valence electrons. The first-order valence-corrected chi connectivity index (χ1v) is 14.5. The fraction of sp³-hybridized carbons (Fsp3) is 0.533. The van der Waals surface area contributed by atoms with E-state index in [1.807, 2.05) is 41.5 Å². The summed E-state index contributed by atoms with van der Waals surface area (Å²) < 4.78 is 64.5. The summed E-state index contributed by atoms with van der Waals surface area (Å²) in [6, 6.07) is 5.99. The molecule has 0 spiro atoms. The van der Waals surface area contributed by atoms with Crippen LogP contribution >= 0.6 is 0 Å². The van der Waals surface area contributed by atoms with E-state index in [0.717, 1.165) is 4.57 Å². The van der Waals surface area contributed by atoms with E-state index in [4.69, 9.17) is 4.52 Å². The van der Waals surface area contributed by atoms with E-state index in [9.17, 15) is 18.0 Å². The van der Waals surface area contributed by atoms with Crippen LogP contribution in [0.3, 0.4) is 0 Å². The summed E-state index contributed by atoms with van der Waals surface area (Å²) in [6.07, 6.45) is -2.09. The quantitative estimate of drug-likeness (QED) is 0.254. The average molecular weight is 619 g/mol. The number of piperidine rings is 1. The molecule has 1 amide bonds. The van der Waals surface area contributed by atoms with Crippen LogP contribution in [0, 0.1) is 0 Å². The van der Waals surface area contributed by atoms with Crippen LogP contribution in [0.4, 0.5) is 23.2 Å². The molecular weight excluding hydrogens is 580 g/mol. The van der Waals surface area contributed by atoms with E-state index in [1.165, 1.54) is 6.20 Å². The normalized spacial score (nSPS) is 18.6. The Balaban J connectivity index is 1.38. The number of fused-ring (bicyclic) bond motifs is 1. The van der Waals surface area contributed by atoms with Gasteiger partial charge in [0.25, 0.3) is 5.91 Å². The van der Waals surface area contributed by atoms with Crippen LogP contribution in [-0.2, 0) is 18.6 Å². The van der Waals surface area contributed by atoms with Gasteiger partial charge in [-0.3, -0.25) is 14.4 Å². The van der Waals surface area contributed by atoms with Crippen molar-refractivity contribution in [2.24, 2.45) is 0 Å². The molecular formula is C30H38F4N8O2. The second kappa shape index (κ2) is 11.5. The molecule has 2 atom stereocenters. The standard InChI is InChI=1S/C30H38F4N8O2/c1-28(2,3)40-11-10-22(20(31)16-40)37-21-8-7-9-23-19(21)12-24(41(23)17-30(32,33)34)26-38-25(44-39-26)14-35-27(43)18-13-36-42(15-18)29(4,5)6/h7-9,12-13,15,20,22,37H,10-11,14,16-17H2,1-6H3,(H,35,43)/t20-,22-/m1/s1.